The Morgan fingerprint density at radius 3 is 2.39 bits per heavy atom. The number of amides is 1. The maximum atomic E-state index is 11.9. The fraction of sp³-hybridized carbons (Fsp3) is 0.0769. The number of halogens is 2. The zero-order chi connectivity index (χ0) is 13.1. The molecule has 5 heteroatoms. The second-order valence-electron chi connectivity index (χ2n) is 3.72. The molecular weight excluding hydrogens is 360 g/mol. The molecule has 2 rings (SSSR count). The molecule has 0 unspecified atom stereocenters. The van der Waals surface area contributed by atoms with Crippen molar-refractivity contribution < 1.29 is 4.79 Å². The van der Waals surface area contributed by atoms with Gasteiger partial charge in [0.05, 0.1) is 5.69 Å². The van der Waals surface area contributed by atoms with E-state index in [1.165, 1.54) is 0 Å². The SMILES string of the molecule is Cc1nc(NC(=O)c2ccc(Br)cc2)ccc1Br. The van der Waals surface area contributed by atoms with Gasteiger partial charge in [0.15, 0.2) is 0 Å². The van der Waals surface area contributed by atoms with Crippen molar-refractivity contribution in [3.63, 3.8) is 0 Å². The Morgan fingerprint density at radius 2 is 1.78 bits per heavy atom. The number of aryl methyl sites for hydroxylation is 1. The van der Waals surface area contributed by atoms with E-state index in [9.17, 15) is 4.79 Å². The van der Waals surface area contributed by atoms with Gasteiger partial charge < -0.3 is 5.32 Å². The first kappa shape index (κ1) is 13.2. The highest BCUT2D eigenvalue weighted by molar-refractivity contribution is 9.10. The lowest BCUT2D eigenvalue weighted by Crippen LogP contribution is -2.13. The summed E-state index contributed by atoms with van der Waals surface area (Å²) in [4.78, 5) is 16.2. The quantitative estimate of drug-likeness (QED) is 0.863. The third-order valence-corrected chi connectivity index (χ3v) is 3.74. The van der Waals surface area contributed by atoms with Crippen molar-refractivity contribution >= 4 is 43.6 Å². The molecule has 1 N–H and O–H groups in total. The lowest BCUT2D eigenvalue weighted by molar-refractivity contribution is 0.102. The molecule has 0 fully saturated rings. The smallest absolute Gasteiger partial charge is 0.256 e. The first-order chi connectivity index (χ1) is 8.56. The second kappa shape index (κ2) is 5.63. The fourth-order valence-corrected chi connectivity index (χ4v) is 1.89. The van der Waals surface area contributed by atoms with Crippen LogP contribution in [0.25, 0.3) is 0 Å². The summed E-state index contributed by atoms with van der Waals surface area (Å²) in [6, 6.07) is 10.8. The first-order valence-corrected chi connectivity index (χ1v) is 6.85. The number of carbonyl (C=O) groups is 1. The number of nitrogens with zero attached hydrogens (tertiary/aromatic N) is 1. The minimum absolute atomic E-state index is 0.170. The predicted octanol–water partition coefficient (Wildman–Crippen LogP) is 4.17. The van der Waals surface area contributed by atoms with Crippen molar-refractivity contribution in [1.82, 2.24) is 4.98 Å². The summed E-state index contributed by atoms with van der Waals surface area (Å²) in [5.74, 6) is 0.375. The van der Waals surface area contributed by atoms with Crippen molar-refractivity contribution in [2.24, 2.45) is 0 Å². The van der Waals surface area contributed by atoms with E-state index >= 15 is 0 Å². The number of rotatable bonds is 2. The van der Waals surface area contributed by atoms with Gasteiger partial charge in [0.25, 0.3) is 5.91 Å². The molecule has 0 saturated carbocycles. The third-order valence-electron chi connectivity index (χ3n) is 2.37. The molecule has 1 aromatic carbocycles. The van der Waals surface area contributed by atoms with Gasteiger partial charge in [0.2, 0.25) is 0 Å². The molecule has 0 aliphatic heterocycles. The Kier molecular flexibility index (Phi) is 4.14. The molecule has 0 atom stereocenters. The van der Waals surface area contributed by atoms with Gasteiger partial charge in [-0.05, 0) is 59.3 Å². The van der Waals surface area contributed by atoms with E-state index in [1.54, 1.807) is 18.2 Å². The zero-order valence-electron chi connectivity index (χ0n) is 9.58. The van der Waals surface area contributed by atoms with Gasteiger partial charge >= 0.3 is 0 Å². The second-order valence-corrected chi connectivity index (χ2v) is 5.49. The highest BCUT2D eigenvalue weighted by Crippen LogP contribution is 2.17. The zero-order valence-corrected chi connectivity index (χ0v) is 12.7. The van der Waals surface area contributed by atoms with Gasteiger partial charge in [-0.2, -0.15) is 0 Å². The number of anilines is 1. The van der Waals surface area contributed by atoms with Gasteiger partial charge in [-0.25, -0.2) is 4.98 Å². The van der Waals surface area contributed by atoms with E-state index in [-0.39, 0.29) is 5.91 Å². The Labute approximate surface area is 122 Å². The van der Waals surface area contributed by atoms with E-state index in [2.05, 4.69) is 42.2 Å². The lowest BCUT2D eigenvalue weighted by atomic mass is 10.2. The molecule has 18 heavy (non-hydrogen) atoms. The maximum absolute atomic E-state index is 11.9. The molecule has 0 aliphatic rings. The van der Waals surface area contributed by atoms with E-state index in [0.717, 1.165) is 14.6 Å². The normalized spacial score (nSPS) is 10.2. The number of hydrogen-bond acceptors (Lipinski definition) is 2. The van der Waals surface area contributed by atoms with Gasteiger partial charge in [0.1, 0.15) is 5.82 Å². The number of carbonyl (C=O) groups excluding carboxylic acids is 1. The van der Waals surface area contributed by atoms with Crippen molar-refractivity contribution in [1.29, 1.82) is 0 Å². The summed E-state index contributed by atoms with van der Waals surface area (Å²) in [5.41, 5.74) is 1.43. The summed E-state index contributed by atoms with van der Waals surface area (Å²) in [6.07, 6.45) is 0. The molecule has 0 spiro atoms. The van der Waals surface area contributed by atoms with Crippen LogP contribution in [0, 0.1) is 6.92 Å². The van der Waals surface area contributed by atoms with Crippen LogP contribution in [0.4, 0.5) is 5.82 Å². The van der Waals surface area contributed by atoms with Gasteiger partial charge in [-0.15, -0.1) is 0 Å². The van der Waals surface area contributed by atoms with Crippen LogP contribution in [0.2, 0.25) is 0 Å². The Hall–Kier alpha value is -1.20. The summed E-state index contributed by atoms with van der Waals surface area (Å²) in [5, 5.41) is 2.76. The highest BCUT2D eigenvalue weighted by atomic mass is 79.9. The van der Waals surface area contributed by atoms with Gasteiger partial charge in [-0.1, -0.05) is 15.9 Å². The lowest BCUT2D eigenvalue weighted by Gasteiger charge is -2.06. The van der Waals surface area contributed by atoms with Crippen molar-refractivity contribution in [3.8, 4) is 0 Å². The highest BCUT2D eigenvalue weighted by Gasteiger charge is 2.07. The Morgan fingerprint density at radius 1 is 1.11 bits per heavy atom. The number of nitrogens with one attached hydrogen (secondary N) is 1. The summed E-state index contributed by atoms with van der Waals surface area (Å²) in [6.45, 7) is 1.87. The standard InChI is InChI=1S/C13H10Br2N2O/c1-8-11(15)6-7-12(16-8)17-13(18)9-2-4-10(14)5-3-9/h2-7H,1H3,(H,16,17,18). The van der Waals surface area contributed by atoms with Crippen LogP contribution >= 0.6 is 31.9 Å². The van der Waals surface area contributed by atoms with E-state index in [1.807, 2.05) is 25.1 Å². The summed E-state index contributed by atoms with van der Waals surface area (Å²) >= 11 is 6.70. The minimum atomic E-state index is -0.170. The van der Waals surface area contributed by atoms with Crippen LogP contribution in [0.15, 0.2) is 45.3 Å². The van der Waals surface area contributed by atoms with Crippen molar-refractivity contribution in [2.75, 3.05) is 5.32 Å². The molecule has 1 aromatic heterocycles. The molecule has 0 saturated heterocycles. The van der Waals surface area contributed by atoms with Crippen LogP contribution in [-0.4, -0.2) is 10.9 Å². The molecule has 3 nitrogen and oxygen atoms in total. The number of hydrogen-bond donors (Lipinski definition) is 1. The van der Waals surface area contributed by atoms with E-state index in [0.29, 0.717) is 11.4 Å². The van der Waals surface area contributed by atoms with Crippen LogP contribution in [0.5, 0.6) is 0 Å². The van der Waals surface area contributed by atoms with Gasteiger partial charge in [-0.3, -0.25) is 4.79 Å². The van der Waals surface area contributed by atoms with Crippen molar-refractivity contribution in [3.05, 3.63) is 56.6 Å². The first-order valence-electron chi connectivity index (χ1n) is 5.26. The van der Waals surface area contributed by atoms with Crippen LogP contribution in [-0.2, 0) is 0 Å². The molecule has 2 aromatic rings. The largest absolute Gasteiger partial charge is 0.307 e. The van der Waals surface area contributed by atoms with Crippen LogP contribution in [0.1, 0.15) is 16.1 Å². The Balaban J connectivity index is 2.16. The molecule has 92 valence electrons. The fourth-order valence-electron chi connectivity index (χ4n) is 1.40. The minimum Gasteiger partial charge on any atom is -0.307 e. The molecule has 1 amide bonds. The molecule has 1 heterocycles. The number of aromatic nitrogens is 1. The number of benzene rings is 1. The third kappa shape index (κ3) is 3.17. The maximum Gasteiger partial charge on any atom is 0.256 e. The topological polar surface area (TPSA) is 42.0 Å². The monoisotopic (exact) mass is 368 g/mol. The predicted molar refractivity (Wildman–Crippen MR) is 78.8 cm³/mol. The summed E-state index contributed by atoms with van der Waals surface area (Å²) in [7, 11) is 0. The van der Waals surface area contributed by atoms with E-state index in [4.69, 9.17) is 0 Å². The summed E-state index contributed by atoms with van der Waals surface area (Å²) < 4.78 is 1.86. The average Bonchev–Trinajstić information content (AvgIpc) is 2.34. The van der Waals surface area contributed by atoms with Gasteiger partial charge in [0, 0.05) is 14.5 Å². The van der Waals surface area contributed by atoms with Crippen LogP contribution < -0.4 is 5.32 Å². The number of pyridine rings is 1. The molecular formula is C13H10Br2N2O. The van der Waals surface area contributed by atoms with E-state index < -0.39 is 0 Å². The molecule has 0 aliphatic carbocycles. The molecule has 0 bridgehead atoms. The van der Waals surface area contributed by atoms with Crippen LogP contribution in [0.3, 0.4) is 0 Å². The van der Waals surface area contributed by atoms with Crippen molar-refractivity contribution in [2.45, 2.75) is 6.92 Å². The average molecular weight is 370 g/mol. The Bertz CT molecular complexity index is 582. The molecule has 0 radical (unpaired) electrons.